The summed E-state index contributed by atoms with van der Waals surface area (Å²) < 4.78 is 7.04. The predicted molar refractivity (Wildman–Crippen MR) is 104 cm³/mol. The third kappa shape index (κ3) is 4.43. The monoisotopic (exact) mass is 387 g/mol. The van der Waals surface area contributed by atoms with Crippen LogP contribution in [0.2, 0.25) is 0 Å². The Morgan fingerprint density at radius 3 is 2.57 bits per heavy atom. The summed E-state index contributed by atoms with van der Waals surface area (Å²) in [5.74, 6) is 0.706. The summed E-state index contributed by atoms with van der Waals surface area (Å²) >= 11 is 0. The molecule has 1 unspecified atom stereocenters. The predicted octanol–water partition coefficient (Wildman–Crippen LogP) is 1.70. The Balaban J connectivity index is 1.40. The summed E-state index contributed by atoms with van der Waals surface area (Å²) in [7, 11) is 0. The summed E-state index contributed by atoms with van der Waals surface area (Å²) in [5, 5.41) is 11.4. The van der Waals surface area contributed by atoms with Gasteiger partial charge in [-0.1, -0.05) is 5.16 Å². The Morgan fingerprint density at radius 1 is 1.29 bits per heavy atom. The van der Waals surface area contributed by atoms with E-state index in [4.69, 9.17) is 4.52 Å². The van der Waals surface area contributed by atoms with Gasteiger partial charge >= 0.3 is 0 Å². The third-order valence-corrected chi connectivity index (χ3v) is 5.31. The van der Waals surface area contributed by atoms with Gasteiger partial charge in [0.15, 0.2) is 0 Å². The van der Waals surface area contributed by atoms with Crippen molar-refractivity contribution in [1.82, 2.24) is 25.2 Å². The highest BCUT2D eigenvalue weighted by Crippen LogP contribution is 2.20. The maximum atomic E-state index is 12.4. The quantitative estimate of drug-likeness (QED) is 0.780. The number of hydrogen-bond donors (Lipinski definition) is 1. The molecular formula is C20H29N5O3. The highest BCUT2D eigenvalue weighted by atomic mass is 16.5. The van der Waals surface area contributed by atoms with E-state index < -0.39 is 0 Å². The van der Waals surface area contributed by atoms with Gasteiger partial charge in [0.05, 0.1) is 23.9 Å². The van der Waals surface area contributed by atoms with E-state index in [1.807, 2.05) is 45.4 Å². The van der Waals surface area contributed by atoms with Crippen molar-refractivity contribution < 1.29 is 14.1 Å². The standard InChI is InChI=1S/C20H29N5O3/c1-12-8-14(3)25(22-12)9-13(2)21-20(27)17-10-24(11-17)19(26)7-6-18-15(4)23-28-16(18)5/h8,13,17H,6-7,9-11H2,1-5H3,(H,21,27). The first-order valence-corrected chi connectivity index (χ1v) is 9.75. The van der Waals surface area contributed by atoms with Crippen LogP contribution in [0.5, 0.6) is 0 Å². The molecule has 0 aliphatic carbocycles. The van der Waals surface area contributed by atoms with Crippen molar-refractivity contribution in [2.24, 2.45) is 5.92 Å². The van der Waals surface area contributed by atoms with Crippen molar-refractivity contribution in [1.29, 1.82) is 0 Å². The fourth-order valence-corrected chi connectivity index (χ4v) is 3.62. The Bertz CT molecular complexity index is 844. The number of aromatic nitrogens is 3. The topological polar surface area (TPSA) is 93.3 Å². The van der Waals surface area contributed by atoms with Crippen LogP contribution in [0, 0.1) is 33.6 Å². The highest BCUT2D eigenvalue weighted by Gasteiger charge is 2.35. The van der Waals surface area contributed by atoms with Gasteiger partial charge in [-0.05, 0) is 47.1 Å². The van der Waals surface area contributed by atoms with Gasteiger partial charge in [-0.15, -0.1) is 0 Å². The Kier molecular flexibility index (Phi) is 5.86. The van der Waals surface area contributed by atoms with Crippen molar-refractivity contribution in [3.8, 4) is 0 Å². The molecule has 0 saturated carbocycles. The van der Waals surface area contributed by atoms with Gasteiger partial charge in [-0.25, -0.2) is 0 Å². The molecule has 0 radical (unpaired) electrons. The lowest BCUT2D eigenvalue weighted by Crippen LogP contribution is -2.57. The maximum Gasteiger partial charge on any atom is 0.226 e. The second-order valence-electron chi connectivity index (χ2n) is 7.82. The largest absolute Gasteiger partial charge is 0.361 e. The van der Waals surface area contributed by atoms with Crippen LogP contribution >= 0.6 is 0 Å². The van der Waals surface area contributed by atoms with Crippen LogP contribution in [0.4, 0.5) is 0 Å². The summed E-state index contributed by atoms with van der Waals surface area (Å²) in [4.78, 5) is 26.5. The first-order chi connectivity index (χ1) is 13.2. The van der Waals surface area contributed by atoms with Crippen molar-refractivity contribution >= 4 is 11.8 Å². The minimum absolute atomic E-state index is 0.00352. The van der Waals surface area contributed by atoms with Gasteiger partial charge in [-0.3, -0.25) is 14.3 Å². The van der Waals surface area contributed by atoms with E-state index in [1.165, 1.54) is 0 Å². The molecular weight excluding hydrogens is 358 g/mol. The average molecular weight is 387 g/mol. The Labute approximate surface area is 165 Å². The van der Waals surface area contributed by atoms with Gasteiger partial charge in [0.25, 0.3) is 0 Å². The normalized spacial score (nSPS) is 15.4. The van der Waals surface area contributed by atoms with Crippen LogP contribution in [0.3, 0.4) is 0 Å². The van der Waals surface area contributed by atoms with E-state index in [0.29, 0.717) is 32.5 Å². The first-order valence-electron chi connectivity index (χ1n) is 9.75. The van der Waals surface area contributed by atoms with Crippen LogP contribution < -0.4 is 5.32 Å². The van der Waals surface area contributed by atoms with Gasteiger partial charge in [0.2, 0.25) is 11.8 Å². The molecule has 8 nitrogen and oxygen atoms in total. The summed E-state index contributed by atoms with van der Waals surface area (Å²) in [6, 6.07) is 2.00. The van der Waals surface area contributed by atoms with Gasteiger partial charge in [0, 0.05) is 36.8 Å². The van der Waals surface area contributed by atoms with Crippen molar-refractivity contribution in [2.45, 2.75) is 60.0 Å². The number of likely N-dealkylation sites (tertiary alicyclic amines) is 1. The number of hydrogen-bond acceptors (Lipinski definition) is 5. The number of carbonyl (C=O) groups excluding carboxylic acids is 2. The van der Waals surface area contributed by atoms with Gasteiger partial charge in [0.1, 0.15) is 5.76 Å². The molecule has 0 bridgehead atoms. The van der Waals surface area contributed by atoms with E-state index in [2.05, 4.69) is 15.6 Å². The smallest absolute Gasteiger partial charge is 0.226 e. The van der Waals surface area contributed by atoms with Gasteiger partial charge in [-0.2, -0.15) is 5.10 Å². The van der Waals surface area contributed by atoms with E-state index in [0.717, 1.165) is 28.4 Å². The SMILES string of the molecule is Cc1cc(C)n(CC(C)NC(=O)C2CN(C(=O)CCc3c(C)noc3C)C2)n1. The molecule has 1 aliphatic rings. The van der Waals surface area contributed by atoms with Crippen molar-refractivity contribution in [2.75, 3.05) is 13.1 Å². The zero-order valence-electron chi connectivity index (χ0n) is 17.3. The molecule has 1 fully saturated rings. The van der Waals surface area contributed by atoms with Crippen molar-refractivity contribution in [3.05, 3.63) is 34.5 Å². The van der Waals surface area contributed by atoms with Gasteiger partial charge < -0.3 is 14.7 Å². The second kappa shape index (κ2) is 8.16. The molecule has 3 heterocycles. The van der Waals surface area contributed by atoms with Crippen molar-refractivity contribution in [3.63, 3.8) is 0 Å². The molecule has 0 spiro atoms. The average Bonchev–Trinajstić information content (AvgIpc) is 3.05. The lowest BCUT2D eigenvalue weighted by atomic mass is 9.97. The summed E-state index contributed by atoms with van der Waals surface area (Å²) in [6.07, 6.45) is 1.03. The molecule has 1 N–H and O–H groups in total. The number of nitrogens with zero attached hydrogens (tertiary/aromatic N) is 4. The minimum atomic E-state index is -0.133. The molecule has 1 saturated heterocycles. The highest BCUT2D eigenvalue weighted by molar-refractivity contribution is 5.84. The minimum Gasteiger partial charge on any atom is -0.361 e. The molecule has 8 heteroatoms. The third-order valence-electron chi connectivity index (χ3n) is 5.31. The molecule has 1 atom stereocenters. The van der Waals surface area contributed by atoms with E-state index in [9.17, 15) is 9.59 Å². The summed E-state index contributed by atoms with van der Waals surface area (Å²) in [6.45, 7) is 11.3. The molecule has 1 aliphatic heterocycles. The fraction of sp³-hybridized carbons (Fsp3) is 0.600. The molecule has 2 aromatic heterocycles. The number of amides is 2. The maximum absolute atomic E-state index is 12.4. The molecule has 152 valence electrons. The van der Waals surface area contributed by atoms with Crippen LogP contribution in [0.25, 0.3) is 0 Å². The molecule has 0 aromatic carbocycles. The molecule has 3 rings (SSSR count). The molecule has 28 heavy (non-hydrogen) atoms. The lowest BCUT2D eigenvalue weighted by Gasteiger charge is -2.38. The van der Waals surface area contributed by atoms with Crippen LogP contribution in [-0.2, 0) is 22.6 Å². The van der Waals surface area contributed by atoms with Crippen LogP contribution in [-0.4, -0.2) is 50.8 Å². The second-order valence-corrected chi connectivity index (χ2v) is 7.82. The fourth-order valence-electron chi connectivity index (χ4n) is 3.62. The Morgan fingerprint density at radius 2 is 2.00 bits per heavy atom. The lowest BCUT2D eigenvalue weighted by molar-refractivity contribution is -0.143. The number of rotatable bonds is 7. The Hall–Kier alpha value is -2.64. The molecule has 2 amide bonds. The van der Waals surface area contributed by atoms with Crippen LogP contribution in [0.1, 0.15) is 41.8 Å². The summed E-state index contributed by atoms with van der Waals surface area (Å²) in [5.41, 5.74) is 3.89. The molecule has 2 aromatic rings. The van der Waals surface area contributed by atoms with Crippen LogP contribution in [0.15, 0.2) is 10.6 Å². The van der Waals surface area contributed by atoms with E-state index >= 15 is 0 Å². The van der Waals surface area contributed by atoms with E-state index in [1.54, 1.807) is 4.90 Å². The number of aryl methyl sites for hydroxylation is 4. The number of carbonyl (C=O) groups is 2. The first kappa shape index (κ1) is 20.1. The zero-order valence-corrected chi connectivity index (χ0v) is 17.3. The van der Waals surface area contributed by atoms with E-state index in [-0.39, 0.29) is 23.8 Å². The number of nitrogens with one attached hydrogen (secondary N) is 1. The zero-order chi connectivity index (χ0) is 20.4.